The second-order valence-corrected chi connectivity index (χ2v) is 5.49. The van der Waals surface area contributed by atoms with E-state index < -0.39 is 0 Å². The second kappa shape index (κ2) is 6.86. The summed E-state index contributed by atoms with van der Waals surface area (Å²) in [6, 6.07) is 7.08. The summed E-state index contributed by atoms with van der Waals surface area (Å²) in [5.74, 6) is 0.314. The fourth-order valence-corrected chi connectivity index (χ4v) is 3.40. The van der Waals surface area contributed by atoms with Crippen molar-refractivity contribution in [3.63, 3.8) is 0 Å². The monoisotopic (exact) mass is 293 g/mol. The topological polar surface area (TPSA) is 21.3 Å². The number of hydrogen-bond acceptors (Lipinski definition) is 3. The van der Waals surface area contributed by atoms with Crippen LogP contribution in [0.25, 0.3) is 0 Å². The molecule has 1 unspecified atom stereocenters. The van der Waals surface area contributed by atoms with Gasteiger partial charge in [-0.25, -0.2) is 4.39 Å². The molecule has 0 saturated heterocycles. The Morgan fingerprint density at radius 3 is 2.70 bits per heavy atom. The molecule has 0 aliphatic rings. The Balaban J connectivity index is 2.43. The van der Waals surface area contributed by atoms with Gasteiger partial charge in [0.05, 0.1) is 13.2 Å². The Bertz CT molecular complexity index is 567. The van der Waals surface area contributed by atoms with Crippen molar-refractivity contribution in [1.29, 1.82) is 0 Å². The number of ether oxygens (including phenoxy) is 1. The van der Waals surface area contributed by atoms with Crippen molar-refractivity contribution < 1.29 is 9.13 Å². The number of methoxy groups -OCH3 is 1. The van der Waals surface area contributed by atoms with E-state index in [9.17, 15) is 4.39 Å². The van der Waals surface area contributed by atoms with Crippen molar-refractivity contribution in [3.8, 4) is 5.75 Å². The van der Waals surface area contributed by atoms with Gasteiger partial charge in [0.25, 0.3) is 0 Å². The van der Waals surface area contributed by atoms with Crippen LogP contribution in [0.3, 0.4) is 0 Å². The zero-order valence-corrected chi connectivity index (χ0v) is 12.9. The van der Waals surface area contributed by atoms with Crippen molar-refractivity contribution in [2.45, 2.75) is 26.3 Å². The minimum Gasteiger partial charge on any atom is -0.497 e. The number of aryl methyl sites for hydroxylation is 1. The Labute approximate surface area is 123 Å². The molecule has 2 nitrogen and oxygen atoms in total. The minimum absolute atomic E-state index is 0.0964. The third-order valence-electron chi connectivity index (χ3n) is 3.35. The van der Waals surface area contributed by atoms with Gasteiger partial charge in [-0.1, -0.05) is 19.9 Å². The smallest absolute Gasteiger partial charge is 0.132 e. The highest BCUT2D eigenvalue weighted by Crippen LogP contribution is 2.32. The van der Waals surface area contributed by atoms with Crippen LogP contribution in [0.1, 0.15) is 35.9 Å². The van der Waals surface area contributed by atoms with Gasteiger partial charge in [0.1, 0.15) is 11.6 Å². The molecule has 0 aliphatic heterocycles. The molecule has 0 saturated carbocycles. The number of hydrogen-bond donors (Lipinski definition) is 1. The third kappa shape index (κ3) is 3.02. The van der Waals surface area contributed by atoms with Crippen molar-refractivity contribution in [2.75, 3.05) is 13.7 Å². The van der Waals surface area contributed by atoms with Crippen molar-refractivity contribution >= 4 is 11.3 Å². The van der Waals surface area contributed by atoms with E-state index in [0.29, 0.717) is 11.3 Å². The maximum absolute atomic E-state index is 14.3. The lowest BCUT2D eigenvalue weighted by atomic mass is 10.0. The van der Waals surface area contributed by atoms with Gasteiger partial charge in [-0.3, -0.25) is 0 Å². The molecule has 1 aromatic heterocycles. The van der Waals surface area contributed by atoms with Gasteiger partial charge in [0.15, 0.2) is 0 Å². The Morgan fingerprint density at radius 2 is 2.10 bits per heavy atom. The van der Waals surface area contributed by atoms with Gasteiger partial charge >= 0.3 is 0 Å². The molecule has 2 aromatic rings. The van der Waals surface area contributed by atoms with E-state index >= 15 is 0 Å². The van der Waals surface area contributed by atoms with Crippen molar-refractivity contribution in [1.82, 2.24) is 5.32 Å². The molecule has 0 spiro atoms. The number of benzene rings is 1. The number of thiophene rings is 1. The molecular weight excluding hydrogens is 273 g/mol. The maximum atomic E-state index is 14.3. The standard InChI is InChI=1S/C16H20FNOS/c1-4-11-8-9-20-16(11)15(18-5-2)13-7-6-12(19-3)10-14(13)17/h6-10,15,18H,4-5H2,1-3H3. The summed E-state index contributed by atoms with van der Waals surface area (Å²) in [6.07, 6.45) is 0.957. The van der Waals surface area contributed by atoms with Crippen LogP contribution >= 0.6 is 11.3 Å². The molecule has 4 heteroatoms. The molecule has 0 amide bonds. The van der Waals surface area contributed by atoms with Gasteiger partial charge in [0, 0.05) is 16.5 Å². The molecule has 20 heavy (non-hydrogen) atoms. The van der Waals surface area contributed by atoms with Gasteiger partial charge in [-0.15, -0.1) is 11.3 Å². The Hall–Kier alpha value is -1.39. The lowest BCUT2D eigenvalue weighted by Crippen LogP contribution is -2.23. The average Bonchev–Trinajstić information content (AvgIpc) is 2.93. The molecular formula is C16H20FNOS. The normalized spacial score (nSPS) is 12.4. The molecule has 1 heterocycles. The first kappa shape index (κ1) is 15.0. The summed E-state index contributed by atoms with van der Waals surface area (Å²) in [7, 11) is 1.55. The number of nitrogens with one attached hydrogen (secondary N) is 1. The van der Waals surface area contributed by atoms with E-state index in [-0.39, 0.29) is 11.9 Å². The summed E-state index contributed by atoms with van der Waals surface area (Å²) in [4.78, 5) is 1.19. The predicted molar refractivity (Wildman–Crippen MR) is 82.2 cm³/mol. The lowest BCUT2D eigenvalue weighted by molar-refractivity contribution is 0.410. The predicted octanol–water partition coefficient (Wildman–Crippen LogP) is 4.16. The van der Waals surface area contributed by atoms with Crippen LogP contribution in [0.15, 0.2) is 29.6 Å². The Morgan fingerprint density at radius 1 is 1.30 bits per heavy atom. The highest BCUT2D eigenvalue weighted by atomic mass is 32.1. The van der Waals surface area contributed by atoms with Gasteiger partial charge < -0.3 is 10.1 Å². The SMILES string of the molecule is CCNC(c1ccc(OC)cc1F)c1sccc1CC. The zero-order chi connectivity index (χ0) is 14.5. The average molecular weight is 293 g/mol. The molecule has 0 fully saturated rings. The van der Waals surface area contributed by atoms with E-state index in [4.69, 9.17) is 4.74 Å². The third-order valence-corrected chi connectivity index (χ3v) is 4.37. The van der Waals surface area contributed by atoms with E-state index in [1.54, 1.807) is 24.5 Å². The van der Waals surface area contributed by atoms with Crippen LogP contribution in [-0.4, -0.2) is 13.7 Å². The van der Waals surface area contributed by atoms with E-state index in [2.05, 4.69) is 23.7 Å². The lowest BCUT2D eigenvalue weighted by Gasteiger charge is -2.20. The summed E-state index contributed by atoms with van der Waals surface area (Å²) >= 11 is 1.68. The molecule has 1 aromatic carbocycles. The zero-order valence-electron chi connectivity index (χ0n) is 12.1. The van der Waals surface area contributed by atoms with Crippen molar-refractivity contribution in [3.05, 3.63) is 51.5 Å². The summed E-state index contributed by atoms with van der Waals surface area (Å²) < 4.78 is 19.4. The van der Waals surface area contributed by atoms with Crippen LogP contribution in [0.2, 0.25) is 0 Å². The first-order chi connectivity index (χ1) is 9.71. The van der Waals surface area contributed by atoms with Crippen LogP contribution in [0.4, 0.5) is 4.39 Å². The fourth-order valence-electron chi connectivity index (χ4n) is 2.31. The van der Waals surface area contributed by atoms with Crippen LogP contribution in [-0.2, 0) is 6.42 Å². The number of rotatable bonds is 6. The van der Waals surface area contributed by atoms with Crippen LogP contribution in [0, 0.1) is 5.82 Å². The molecule has 0 radical (unpaired) electrons. The Kier molecular flexibility index (Phi) is 5.15. The molecule has 108 valence electrons. The molecule has 2 rings (SSSR count). The molecule has 1 atom stereocenters. The number of halogens is 1. The quantitative estimate of drug-likeness (QED) is 0.863. The van der Waals surface area contributed by atoms with Crippen molar-refractivity contribution in [2.24, 2.45) is 0 Å². The van der Waals surface area contributed by atoms with Crippen LogP contribution < -0.4 is 10.1 Å². The minimum atomic E-state index is -0.231. The fraction of sp³-hybridized carbons (Fsp3) is 0.375. The first-order valence-electron chi connectivity index (χ1n) is 6.84. The maximum Gasteiger partial charge on any atom is 0.132 e. The second-order valence-electron chi connectivity index (χ2n) is 4.54. The highest BCUT2D eigenvalue weighted by Gasteiger charge is 2.21. The summed E-state index contributed by atoms with van der Waals surface area (Å²) in [5.41, 5.74) is 1.95. The van der Waals surface area contributed by atoms with E-state index in [0.717, 1.165) is 13.0 Å². The van der Waals surface area contributed by atoms with Gasteiger partial charge in [-0.2, -0.15) is 0 Å². The summed E-state index contributed by atoms with van der Waals surface area (Å²) in [6.45, 7) is 4.95. The largest absolute Gasteiger partial charge is 0.497 e. The highest BCUT2D eigenvalue weighted by molar-refractivity contribution is 7.10. The first-order valence-corrected chi connectivity index (χ1v) is 7.72. The van der Waals surface area contributed by atoms with E-state index in [1.165, 1.54) is 16.5 Å². The summed E-state index contributed by atoms with van der Waals surface area (Å²) in [5, 5.41) is 5.45. The molecule has 1 N–H and O–H groups in total. The molecule has 0 aliphatic carbocycles. The molecule has 0 bridgehead atoms. The van der Waals surface area contributed by atoms with Gasteiger partial charge in [0.2, 0.25) is 0 Å². The van der Waals surface area contributed by atoms with Gasteiger partial charge in [-0.05, 0) is 36.0 Å². The van der Waals surface area contributed by atoms with E-state index in [1.807, 2.05) is 13.0 Å². The van der Waals surface area contributed by atoms with Crippen LogP contribution in [0.5, 0.6) is 5.75 Å².